The molecule has 0 unspecified atom stereocenters. The third-order valence-corrected chi connectivity index (χ3v) is 4.03. The van der Waals surface area contributed by atoms with Crippen molar-refractivity contribution in [3.8, 4) is 5.75 Å². The highest BCUT2D eigenvalue weighted by Crippen LogP contribution is 2.25. The Kier molecular flexibility index (Phi) is 6.90. The van der Waals surface area contributed by atoms with E-state index in [1.54, 1.807) is 7.11 Å². The maximum absolute atomic E-state index is 11.3. The lowest BCUT2D eigenvalue weighted by atomic mass is 10.2. The van der Waals surface area contributed by atoms with Crippen LogP contribution in [0, 0.1) is 0 Å². The van der Waals surface area contributed by atoms with Crippen molar-refractivity contribution in [3.05, 3.63) is 23.8 Å². The van der Waals surface area contributed by atoms with Crippen LogP contribution >= 0.6 is 0 Å². The van der Waals surface area contributed by atoms with Crippen molar-refractivity contribution >= 4 is 17.6 Å². The number of nitrogens with zero attached hydrogens (tertiary/aromatic N) is 1. The summed E-state index contributed by atoms with van der Waals surface area (Å²) in [5.41, 5.74) is 1.69. The van der Waals surface area contributed by atoms with E-state index in [9.17, 15) is 4.79 Å². The van der Waals surface area contributed by atoms with Crippen LogP contribution in [0.3, 0.4) is 0 Å². The van der Waals surface area contributed by atoms with Gasteiger partial charge in [0.1, 0.15) is 5.75 Å². The summed E-state index contributed by atoms with van der Waals surface area (Å²) in [5, 5.41) is 9.59. The largest absolute Gasteiger partial charge is 0.495 e. The Morgan fingerprint density at radius 3 is 2.71 bits per heavy atom. The van der Waals surface area contributed by atoms with Crippen LogP contribution in [0.25, 0.3) is 0 Å². The zero-order chi connectivity index (χ0) is 17.4. The molecule has 0 aromatic heterocycles. The molecule has 1 aromatic carbocycles. The number of hydrogen-bond acceptors (Lipinski definition) is 3. The predicted molar refractivity (Wildman–Crippen MR) is 97.5 cm³/mol. The molecule has 1 fully saturated rings. The molecule has 0 atom stereocenters. The fourth-order valence-corrected chi connectivity index (χ4v) is 2.89. The van der Waals surface area contributed by atoms with Gasteiger partial charge in [0.25, 0.3) is 0 Å². The van der Waals surface area contributed by atoms with E-state index in [4.69, 9.17) is 4.74 Å². The third-order valence-electron chi connectivity index (χ3n) is 4.03. The first-order chi connectivity index (χ1) is 11.6. The molecule has 0 radical (unpaired) electrons. The summed E-state index contributed by atoms with van der Waals surface area (Å²) in [7, 11) is 1.59. The summed E-state index contributed by atoms with van der Waals surface area (Å²) in [4.78, 5) is 16.0. The molecule has 0 heterocycles. The quantitative estimate of drug-likeness (QED) is 0.553. The van der Waals surface area contributed by atoms with Crippen LogP contribution in [0.15, 0.2) is 23.2 Å². The van der Waals surface area contributed by atoms with Crippen LogP contribution in [0.4, 0.5) is 5.69 Å². The lowest BCUT2D eigenvalue weighted by Gasteiger charge is -2.17. The van der Waals surface area contributed by atoms with Gasteiger partial charge in [0.15, 0.2) is 5.96 Å². The van der Waals surface area contributed by atoms with Gasteiger partial charge in [-0.2, -0.15) is 0 Å². The number of carbonyl (C=O) groups excluding carboxylic acids is 1. The summed E-state index contributed by atoms with van der Waals surface area (Å²) in [6.45, 7) is 4.92. The van der Waals surface area contributed by atoms with E-state index < -0.39 is 0 Å². The van der Waals surface area contributed by atoms with Gasteiger partial charge in [-0.05, 0) is 37.5 Å². The Hall–Kier alpha value is -2.24. The number of benzene rings is 1. The molecule has 1 aliphatic rings. The first-order valence-corrected chi connectivity index (χ1v) is 8.61. The number of ether oxygens (including phenoxy) is 1. The van der Waals surface area contributed by atoms with Crippen LogP contribution in [0.1, 0.15) is 45.1 Å². The number of methoxy groups -OCH3 is 1. The van der Waals surface area contributed by atoms with Gasteiger partial charge in [-0.1, -0.05) is 18.9 Å². The Bertz CT molecular complexity index is 580. The molecule has 6 heteroatoms. The van der Waals surface area contributed by atoms with Gasteiger partial charge in [0.2, 0.25) is 5.91 Å². The second-order valence-electron chi connectivity index (χ2n) is 6.04. The number of carbonyl (C=O) groups is 1. The van der Waals surface area contributed by atoms with Crippen LogP contribution in [0.5, 0.6) is 5.75 Å². The number of rotatable bonds is 6. The Labute approximate surface area is 144 Å². The number of anilines is 1. The van der Waals surface area contributed by atoms with Crippen LogP contribution < -0.4 is 20.7 Å². The molecule has 0 aliphatic heterocycles. The topological polar surface area (TPSA) is 74.8 Å². The average molecular weight is 332 g/mol. The van der Waals surface area contributed by atoms with Gasteiger partial charge in [0.05, 0.1) is 19.3 Å². The van der Waals surface area contributed by atoms with Crippen LogP contribution in [0.2, 0.25) is 0 Å². The fraction of sp³-hybridized carbons (Fsp3) is 0.556. The van der Waals surface area contributed by atoms with Crippen molar-refractivity contribution in [2.45, 2.75) is 52.1 Å². The summed E-state index contributed by atoms with van der Waals surface area (Å²) >= 11 is 0. The van der Waals surface area contributed by atoms with Gasteiger partial charge in [-0.3, -0.25) is 4.79 Å². The molecule has 24 heavy (non-hydrogen) atoms. The monoisotopic (exact) mass is 332 g/mol. The Morgan fingerprint density at radius 2 is 2.08 bits per heavy atom. The lowest BCUT2D eigenvalue weighted by Crippen LogP contribution is -2.42. The zero-order valence-electron chi connectivity index (χ0n) is 14.8. The molecule has 0 spiro atoms. The summed E-state index contributed by atoms with van der Waals surface area (Å²) in [6.07, 6.45) is 4.99. The molecule has 1 amide bonds. The number of aliphatic imine (C=N–C) groups is 1. The first-order valence-electron chi connectivity index (χ1n) is 8.61. The summed E-state index contributed by atoms with van der Waals surface area (Å²) < 4.78 is 5.28. The minimum absolute atomic E-state index is 0.120. The normalized spacial score (nSPS) is 15.2. The SMILES string of the molecule is CCNC(=NCc1ccc(OC)c(NC(C)=O)c1)NC1CCCC1. The Morgan fingerprint density at radius 1 is 1.33 bits per heavy atom. The van der Waals surface area contributed by atoms with Crippen molar-refractivity contribution in [2.75, 3.05) is 19.0 Å². The second-order valence-corrected chi connectivity index (χ2v) is 6.04. The molecule has 132 valence electrons. The second kappa shape index (κ2) is 9.15. The fourth-order valence-electron chi connectivity index (χ4n) is 2.89. The molecule has 0 saturated heterocycles. The van der Waals surface area contributed by atoms with Gasteiger partial charge in [-0.15, -0.1) is 0 Å². The smallest absolute Gasteiger partial charge is 0.221 e. The van der Waals surface area contributed by atoms with Crippen molar-refractivity contribution in [2.24, 2.45) is 4.99 Å². The number of hydrogen-bond donors (Lipinski definition) is 3. The molecule has 1 aliphatic carbocycles. The molecule has 1 aromatic rings. The minimum atomic E-state index is -0.120. The van der Waals surface area contributed by atoms with E-state index in [2.05, 4.69) is 27.9 Å². The van der Waals surface area contributed by atoms with E-state index >= 15 is 0 Å². The van der Waals surface area contributed by atoms with E-state index in [-0.39, 0.29) is 5.91 Å². The molecular weight excluding hydrogens is 304 g/mol. The first kappa shape index (κ1) is 18.1. The van der Waals surface area contributed by atoms with E-state index in [0.717, 1.165) is 18.1 Å². The lowest BCUT2D eigenvalue weighted by molar-refractivity contribution is -0.114. The standard InChI is InChI=1S/C18H28N4O2/c1-4-19-18(22-15-7-5-6-8-15)20-12-14-9-10-17(24-3)16(11-14)21-13(2)23/h9-11,15H,4-8,12H2,1-3H3,(H,21,23)(H2,19,20,22). The maximum Gasteiger partial charge on any atom is 0.221 e. The summed E-state index contributed by atoms with van der Waals surface area (Å²) in [6, 6.07) is 6.25. The highest BCUT2D eigenvalue weighted by atomic mass is 16.5. The highest BCUT2D eigenvalue weighted by Gasteiger charge is 2.15. The van der Waals surface area contributed by atoms with Crippen molar-refractivity contribution < 1.29 is 9.53 Å². The van der Waals surface area contributed by atoms with Crippen molar-refractivity contribution in [1.82, 2.24) is 10.6 Å². The van der Waals surface area contributed by atoms with E-state index in [0.29, 0.717) is 24.0 Å². The third kappa shape index (κ3) is 5.44. The maximum atomic E-state index is 11.3. The highest BCUT2D eigenvalue weighted by molar-refractivity contribution is 5.90. The van der Waals surface area contributed by atoms with Gasteiger partial charge in [0, 0.05) is 19.5 Å². The molecule has 1 saturated carbocycles. The molecule has 0 bridgehead atoms. The Balaban J connectivity index is 2.07. The van der Waals surface area contributed by atoms with Crippen LogP contribution in [-0.4, -0.2) is 31.6 Å². The number of amides is 1. The summed E-state index contributed by atoms with van der Waals surface area (Å²) in [5.74, 6) is 1.38. The van der Waals surface area contributed by atoms with Crippen LogP contribution in [-0.2, 0) is 11.3 Å². The predicted octanol–water partition coefficient (Wildman–Crippen LogP) is 2.65. The molecular formula is C18H28N4O2. The van der Waals surface area contributed by atoms with Crippen molar-refractivity contribution in [1.29, 1.82) is 0 Å². The molecule has 6 nitrogen and oxygen atoms in total. The van der Waals surface area contributed by atoms with Gasteiger partial charge >= 0.3 is 0 Å². The number of guanidine groups is 1. The molecule has 3 N–H and O–H groups in total. The minimum Gasteiger partial charge on any atom is -0.495 e. The average Bonchev–Trinajstić information content (AvgIpc) is 3.05. The van der Waals surface area contributed by atoms with Crippen molar-refractivity contribution in [3.63, 3.8) is 0 Å². The van der Waals surface area contributed by atoms with E-state index in [1.165, 1.54) is 32.6 Å². The molecule has 2 rings (SSSR count). The number of nitrogens with one attached hydrogen (secondary N) is 3. The van der Waals surface area contributed by atoms with E-state index in [1.807, 2.05) is 18.2 Å². The van der Waals surface area contributed by atoms with Gasteiger partial charge in [-0.25, -0.2) is 4.99 Å². The van der Waals surface area contributed by atoms with Gasteiger partial charge < -0.3 is 20.7 Å². The zero-order valence-corrected chi connectivity index (χ0v) is 14.8.